The molecule has 0 unspecified atom stereocenters. The molecule has 0 aliphatic carbocycles. The number of aliphatic hydroxyl groups is 1. The van der Waals surface area contributed by atoms with Crippen molar-refractivity contribution in [3.8, 4) is 5.75 Å². The SMILES string of the molecule is Cc1ccc(C)c(OC[C@@H](O)Cn2c([C@@H]3CC(=O)N(C(C)(C)C)C3)nc3ccccc32)c1. The molecule has 1 saturated heterocycles. The molecule has 6 nitrogen and oxygen atoms in total. The third-order valence-electron chi connectivity index (χ3n) is 6.15. The average Bonchev–Trinajstić information content (AvgIpc) is 3.29. The number of carbonyl (C=O) groups is 1. The maximum Gasteiger partial charge on any atom is 0.223 e. The molecule has 2 aromatic carbocycles. The Bertz CT molecular complexity index is 1130. The molecule has 2 heterocycles. The molecule has 1 aliphatic rings. The molecule has 4 rings (SSSR count). The van der Waals surface area contributed by atoms with Crippen molar-refractivity contribution in [1.29, 1.82) is 0 Å². The number of amides is 1. The van der Waals surface area contributed by atoms with Crippen molar-refractivity contribution in [3.05, 3.63) is 59.4 Å². The van der Waals surface area contributed by atoms with Crippen LogP contribution in [0.1, 0.15) is 50.1 Å². The topological polar surface area (TPSA) is 67.6 Å². The Balaban J connectivity index is 1.57. The molecule has 2 atom stereocenters. The van der Waals surface area contributed by atoms with Crippen LogP contribution in [0.3, 0.4) is 0 Å². The fourth-order valence-electron chi connectivity index (χ4n) is 4.44. The highest BCUT2D eigenvalue weighted by Gasteiger charge is 2.39. The van der Waals surface area contributed by atoms with Gasteiger partial charge in [-0.05, 0) is 63.9 Å². The second-order valence-corrected chi connectivity index (χ2v) is 9.88. The van der Waals surface area contributed by atoms with Gasteiger partial charge in [0.1, 0.15) is 24.3 Å². The molecule has 1 aliphatic heterocycles. The number of aryl methyl sites for hydroxylation is 2. The third-order valence-corrected chi connectivity index (χ3v) is 6.15. The summed E-state index contributed by atoms with van der Waals surface area (Å²) in [5.41, 5.74) is 3.80. The molecule has 170 valence electrons. The fraction of sp³-hybridized carbons (Fsp3) is 0.462. The van der Waals surface area contributed by atoms with Gasteiger partial charge in [0, 0.05) is 24.4 Å². The molecule has 0 spiro atoms. The van der Waals surface area contributed by atoms with Gasteiger partial charge in [-0.2, -0.15) is 0 Å². The number of benzene rings is 2. The van der Waals surface area contributed by atoms with E-state index in [2.05, 4.69) is 25.3 Å². The van der Waals surface area contributed by atoms with E-state index < -0.39 is 6.10 Å². The van der Waals surface area contributed by atoms with Crippen molar-refractivity contribution in [2.45, 2.75) is 65.1 Å². The lowest BCUT2D eigenvalue weighted by Gasteiger charge is -2.32. The van der Waals surface area contributed by atoms with Gasteiger partial charge in [-0.3, -0.25) is 4.79 Å². The number of fused-ring (bicyclic) bond motifs is 1. The van der Waals surface area contributed by atoms with Crippen LogP contribution >= 0.6 is 0 Å². The smallest absolute Gasteiger partial charge is 0.223 e. The predicted octanol–water partition coefficient (Wildman–Crippen LogP) is 4.21. The molecular formula is C26H33N3O3. The van der Waals surface area contributed by atoms with Gasteiger partial charge in [0.25, 0.3) is 0 Å². The second-order valence-electron chi connectivity index (χ2n) is 9.88. The number of nitrogens with zero attached hydrogens (tertiary/aromatic N) is 3. The number of ether oxygens (including phenoxy) is 1. The largest absolute Gasteiger partial charge is 0.491 e. The van der Waals surface area contributed by atoms with Crippen molar-refractivity contribution in [2.24, 2.45) is 0 Å². The van der Waals surface area contributed by atoms with E-state index in [4.69, 9.17) is 9.72 Å². The van der Waals surface area contributed by atoms with Crippen LogP contribution in [-0.2, 0) is 11.3 Å². The quantitative estimate of drug-likeness (QED) is 0.630. The van der Waals surface area contributed by atoms with Gasteiger partial charge in [-0.15, -0.1) is 0 Å². The molecule has 1 amide bonds. The van der Waals surface area contributed by atoms with Crippen LogP contribution < -0.4 is 4.74 Å². The van der Waals surface area contributed by atoms with Crippen molar-refractivity contribution < 1.29 is 14.6 Å². The number of carbonyl (C=O) groups excluding carboxylic acids is 1. The van der Waals surface area contributed by atoms with Gasteiger partial charge >= 0.3 is 0 Å². The van der Waals surface area contributed by atoms with Crippen LogP contribution in [0.2, 0.25) is 0 Å². The highest BCUT2D eigenvalue weighted by Crippen LogP contribution is 2.34. The zero-order valence-corrected chi connectivity index (χ0v) is 19.6. The number of imidazole rings is 1. The molecule has 0 bridgehead atoms. The molecule has 1 N–H and O–H groups in total. The van der Waals surface area contributed by atoms with Crippen LogP contribution in [-0.4, -0.2) is 50.3 Å². The van der Waals surface area contributed by atoms with Gasteiger partial charge in [0.05, 0.1) is 17.6 Å². The first kappa shape index (κ1) is 22.3. The van der Waals surface area contributed by atoms with E-state index in [-0.39, 0.29) is 24.0 Å². The Hall–Kier alpha value is -2.86. The Morgan fingerprint density at radius 3 is 2.66 bits per heavy atom. The fourth-order valence-corrected chi connectivity index (χ4v) is 4.44. The first-order chi connectivity index (χ1) is 15.1. The summed E-state index contributed by atoms with van der Waals surface area (Å²) in [6, 6.07) is 14.0. The van der Waals surface area contributed by atoms with Gasteiger partial charge in [0.2, 0.25) is 5.91 Å². The van der Waals surface area contributed by atoms with Crippen LogP contribution in [0.15, 0.2) is 42.5 Å². The zero-order chi connectivity index (χ0) is 23.0. The van der Waals surface area contributed by atoms with E-state index >= 15 is 0 Å². The van der Waals surface area contributed by atoms with E-state index in [0.29, 0.717) is 19.5 Å². The van der Waals surface area contributed by atoms with Gasteiger partial charge in [0.15, 0.2) is 0 Å². The summed E-state index contributed by atoms with van der Waals surface area (Å²) in [6.07, 6.45) is -0.266. The Morgan fingerprint density at radius 1 is 1.19 bits per heavy atom. The highest BCUT2D eigenvalue weighted by molar-refractivity contribution is 5.81. The van der Waals surface area contributed by atoms with Crippen LogP contribution in [0.5, 0.6) is 5.75 Å². The number of para-hydroxylation sites is 2. The number of aliphatic hydroxyl groups excluding tert-OH is 1. The minimum absolute atomic E-state index is 0.00117. The van der Waals surface area contributed by atoms with E-state index in [1.165, 1.54) is 0 Å². The van der Waals surface area contributed by atoms with Gasteiger partial charge in [-0.1, -0.05) is 24.3 Å². The molecule has 3 aromatic rings. The van der Waals surface area contributed by atoms with E-state index in [1.54, 1.807) is 0 Å². The lowest BCUT2D eigenvalue weighted by molar-refractivity contribution is -0.131. The minimum atomic E-state index is -0.706. The summed E-state index contributed by atoms with van der Waals surface area (Å²) < 4.78 is 8.00. The molecule has 0 saturated carbocycles. The molecule has 1 aromatic heterocycles. The minimum Gasteiger partial charge on any atom is -0.491 e. The van der Waals surface area contributed by atoms with Crippen molar-refractivity contribution >= 4 is 16.9 Å². The molecule has 1 fully saturated rings. The lowest BCUT2D eigenvalue weighted by atomic mass is 10.1. The van der Waals surface area contributed by atoms with Crippen molar-refractivity contribution in [1.82, 2.24) is 14.5 Å². The van der Waals surface area contributed by atoms with Gasteiger partial charge < -0.3 is 19.3 Å². The van der Waals surface area contributed by atoms with Crippen LogP contribution in [0.4, 0.5) is 0 Å². The van der Waals surface area contributed by atoms with E-state index in [1.807, 2.05) is 61.2 Å². The Kier molecular flexibility index (Phi) is 5.99. The lowest BCUT2D eigenvalue weighted by Crippen LogP contribution is -2.42. The van der Waals surface area contributed by atoms with Crippen molar-refractivity contribution in [2.75, 3.05) is 13.2 Å². The Labute approximate surface area is 189 Å². The number of hydrogen-bond donors (Lipinski definition) is 1. The zero-order valence-electron chi connectivity index (χ0n) is 19.6. The molecule has 0 radical (unpaired) electrons. The summed E-state index contributed by atoms with van der Waals surface area (Å²) >= 11 is 0. The van der Waals surface area contributed by atoms with Crippen LogP contribution in [0, 0.1) is 13.8 Å². The van der Waals surface area contributed by atoms with E-state index in [9.17, 15) is 9.90 Å². The third kappa shape index (κ3) is 4.51. The Morgan fingerprint density at radius 2 is 1.94 bits per heavy atom. The molecule has 6 heteroatoms. The average molecular weight is 436 g/mol. The first-order valence-electron chi connectivity index (χ1n) is 11.3. The number of likely N-dealkylation sites (tertiary alicyclic amines) is 1. The number of aromatic nitrogens is 2. The summed E-state index contributed by atoms with van der Waals surface area (Å²) in [6.45, 7) is 11.4. The summed E-state index contributed by atoms with van der Waals surface area (Å²) in [5.74, 6) is 1.81. The standard InChI is InChI=1S/C26H33N3O3/c1-17-10-11-18(2)23(12-17)32-16-20(30)15-28-22-9-7-6-8-21(22)27-25(28)19-13-24(31)29(14-19)26(3,4)5/h6-12,19-20,30H,13-16H2,1-5H3/t19-,20+/m1/s1. The highest BCUT2D eigenvalue weighted by atomic mass is 16.5. The summed E-state index contributed by atoms with van der Waals surface area (Å²) in [7, 11) is 0. The summed E-state index contributed by atoms with van der Waals surface area (Å²) in [4.78, 5) is 19.5. The van der Waals surface area contributed by atoms with Gasteiger partial charge in [-0.25, -0.2) is 4.98 Å². The maximum atomic E-state index is 12.7. The predicted molar refractivity (Wildman–Crippen MR) is 126 cm³/mol. The molecular weight excluding hydrogens is 402 g/mol. The monoisotopic (exact) mass is 435 g/mol. The normalized spacial score (nSPS) is 17.9. The summed E-state index contributed by atoms with van der Waals surface area (Å²) in [5, 5.41) is 10.9. The van der Waals surface area contributed by atoms with Crippen LogP contribution in [0.25, 0.3) is 11.0 Å². The number of hydrogen-bond acceptors (Lipinski definition) is 4. The maximum absolute atomic E-state index is 12.7. The number of rotatable bonds is 6. The second kappa shape index (κ2) is 8.58. The van der Waals surface area contributed by atoms with E-state index in [0.717, 1.165) is 33.7 Å². The molecule has 32 heavy (non-hydrogen) atoms. The first-order valence-corrected chi connectivity index (χ1v) is 11.3. The van der Waals surface area contributed by atoms with Crippen molar-refractivity contribution in [3.63, 3.8) is 0 Å².